The zero-order chi connectivity index (χ0) is 46.4. The van der Waals surface area contributed by atoms with Gasteiger partial charge in [0.05, 0.1) is 6.04 Å². The van der Waals surface area contributed by atoms with Gasteiger partial charge >= 0.3 is 0 Å². The van der Waals surface area contributed by atoms with Gasteiger partial charge < -0.3 is 4.90 Å². The van der Waals surface area contributed by atoms with Crippen LogP contribution in [0.3, 0.4) is 0 Å². The van der Waals surface area contributed by atoms with Gasteiger partial charge in [-0.2, -0.15) is 0 Å². The van der Waals surface area contributed by atoms with Gasteiger partial charge in [-0.3, -0.25) is 0 Å². The topological polar surface area (TPSA) is 3.24 Å². The Bertz CT molecular complexity index is 3610. The van der Waals surface area contributed by atoms with Crippen LogP contribution in [0, 0.1) is 0 Å². The maximum Gasteiger partial charge on any atom is 0.0563 e. The third-order valence-corrected chi connectivity index (χ3v) is 16.1. The molecule has 0 amide bonds. The Hall–Kier alpha value is -7.74. The minimum Gasteiger partial charge on any atom is -0.334 e. The number of nitrogens with zero attached hydrogens (tertiary/aromatic N) is 1. The van der Waals surface area contributed by atoms with Gasteiger partial charge in [-0.25, -0.2) is 0 Å². The lowest BCUT2D eigenvalue weighted by Crippen LogP contribution is -2.33. The highest BCUT2D eigenvalue weighted by Crippen LogP contribution is 2.54. The number of benzene rings is 9. The molecular weight excluding hydrogens is 831 g/mol. The lowest BCUT2D eigenvalue weighted by molar-refractivity contribution is 0.585. The van der Waals surface area contributed by atoms with Crippen molar-refractivity contribution in [2.45, 2.75) is 63.8 Å². The third-order valence-electron chi connectivity index (χ3n) is 16.1. The summed E-state index contributed by atoms with van der Waals surface area (Å²) in [7, 11) is 0. The molecule has 13 rings (SSSR count). The molecule has 0 N–H and O–H groups in total. The zero-order valence-corrected chi connectivity index (χ0v) is 39.9. The first kappa shape index (κ1) is 41.4. The van der Waals surface area contributed by atoms with Crippen molar-refractivity contribution in [3.05, 3.63) is 251 Å². The average Bonchev–Trinajstić information content (AvgIpc) is 3.76. The third kappa shape index (κ3) is 6.89. The summed E-state index contributed by atoms with van der Waals surface area (Å²) in [6.45, 7) is 9.73. The predicted octanol–water partition coefficient (Wildman–Crippen LogP) is 18.0. The van der Waals surface area contributed by atoms with Crippen LogP contribution in [0.1, 0.15) is 73.9 Å². The van der Waals surface area contributed by atoms with Gasteiger partial charge in [-0.05, 0) is 179 Å². The van der Waals surface area contributed by atoms with Gasteiger partial charge in [0, 0.05) is 22.2 Å². The Labute approximate surface area is 407 Å². The summed E-state index contributed by atoms with van der Waals surface area (Å²) < 4.78 is 0. The highest BCUT2D eigenvalue weighted by atomic mass is 15.2. The molecule has 0 saturated heterocycles. The van der Waals surface area contributed by atoms with E-state index in [0.29, 0.717) is 0 Å². The van der Waals surface area contributed by atoms with E-state index in [1.54, 1.807) is 0 Å². The highest BCUT2D eigenvalue weighted by molar-refractivity contribution is 5.92. The molecule has 0 fully saturated rings. The van der Waals surface area contributed by atoms with Crippen LogP contribution < -0.4 is 4.90 Å². The van der Waals surface area contributed by atoms with Crippen LogP contribution in [0.2, 0.25) is 0 Å². The average molecular weight is 886 g/mol. The van der Waals surface area contributed by atoms with E-state index in [1.807, 2.05) is 0 Å². The first-order chi connectivity index (χ1) is 33.7. The fourth-order valence-corrected chi connectivity index (χ4v) is 12.2. The molecule has 332 valence electrons. The van der Waals surface area contributed by atoms with E-state index in [0.717, 1.165) is 19.3 Å². The molecule has 0 radical (unpaired) electrons. The quantitative estimate of drug-likeness (QED) is 0.154. The summed E-state index contributed by atoms with van der Waals surface area (Å²) in [6.07, 6.45) is 12.7. The number of aryl methyl sites for hydroxylation is 1. The molecule has 69 heavy (non-hydrogen) atoms. The molecule has 0 saturated carbocycles. The number of anilines is 2. The zero-order valence-electron chi connectivity index (χ0n) is 39.9. The maximum atomic E-state index is 2.62. The Morgan fingerprint density at radius 2 is 0.957 bits per heavy atom. The van der Waals surface area contributed by atoms with Gasteiger partial charge in [-0.1, -0.05) is 198 Å². The van der Waals surface area contributed by atoms with Crippen LogP contribution in [0.5, 0.6) is 0 Å². The monoisotopic (exact) mass is 885 g/mol. The highest BCUT2D eigenvalue weighted by Gasteiger charge is 2.41. The second-order valence-electron chi connectivity index (χ2n) is 20.8. The summed E-state index contributed by atoms with van der Waals surface area (Å²) in [5.74, 6) is 0. The van der Waals surface area contributed by atoms with Crippen LogP contribution in [0.4, 0.5) is 11.4 Å². The molecule has 1 nitrogen and oxygen atoms in total. The number of hydrogen-bond donors (Lipinski definition) is 0. The van der Waals surface area contributed by atoms with Crippen molar-refractivity contribution >= 4 is 33.8 Å². The van der Waals surface area contributed by atoms with Crippen LogP contribution >= 0.6 is 0 Å². The van der Waals surface area contributed by atoms with Gasteiger partial charge in [-0.15, -0.1) is 0 Å². The van der Waals surface area contributed by atoms with Crippen molar-refractivity contribution in [1.29, 1.82) is 0 Å². The molecule has 0 aromatic heterocycles. The largest absolute Gasteiger partial charge is 0.334 e. The summed E-state index contributed by atoms with van der Waals surface area (Å²) in [5.41, 5.74) is 26.1. The van der Waals surface area contributed by atoms with Gasteiger partial charge in [0.15, 0.2) is 0 Å². The number of fused-ring (bicyclic) bond motifs is 7. The number of rotatable bonds is 7. The summed E-state index contributed by atoms with van der Waals surface area (Å²) >= 11 is 0. The van der Waals surface area contributed by atoms with Crippen molar-refractivity contribution in [1.82, 2.24) is 0 Å². The smallest absolute Gasteiger partial charge is 0.0563 e. The van der Waals surface area contributed by atoms with Crippen LogP contribution in [-0.4, -0.2) is 6.04 Å². The van der Waals surface area contributed by atoms with Crippen LogP contribution in [-0.2, 0) is 17.3 Å². The van der Waals surface area contributed by atoms with E-state index in [9.17, 15) is 0 Å². The van der Waals surface area contributed by atoms with Gasteiger partial charge in [0.1, 0.15) is 0 Å². The summed E-state index contributed by atoms with van der Waals surface area (Å²) in [4.78, 5) is 2.62. The Kier molecular flexibility index (Phi) is 9.57. The normalized spacial score (nSPS) is 16.7. The van der Waals surface area contributed by atoms with E-state index in [-0.39, 0.29) is 16.9 Å². The van der Waals surface area contributed by atoms with E-state index in [1.165, 1.54) is 122 Å². The maximum absolute atomic E-state index is 2.62. The minimum absolute atomic E-state index is 0.115. The van der Waals surface area contributed by atoms with Crippen molar-refractivity contribution in [2.75, 3.05) is 4.90 Å². The second-order valence-corrected chi connectivity index (χ2v) is 20.8. The molecule has 4 aliphatic carbocycles. The molecule has 0 spiro atoms. The fourth-order valence-electron chi connectivity index (χ4n) is 12.2. The van der Waals surface area contributed by atoms with Crippen LogP contribution in [0.25, 0.3) is 78.1 Å². The van der Waals surface area contributed by atoms with Crippen molar-refractivity contribution in [3.63, 3.8) is 0 Å². The second kappa shape index (κ2) is 15.9. The van der Waals surface area contributed by atoms with E-state index < -0.39 is 0 Å². The minimum atomic E-state index is -0.186. The first-order valence-corrected chi connectivity index (χ1v) is 24.9. The number of allylic oxidation sites excluding steroid dienone is 3. The van der Waals surface area contributed by atoms with E-state index >= 15 is 0 Å². The van der Waals surface area contributed by atoms with E-state index in [2.05, 4.69) is 251 Å². The fraction of sp³-hybridized carbons (Fsp3) is 0.147. The molecule has 1 unspecified atom stereocenters. The Balaban J connectivity index is 0.860. The summed E-state index contributed by atoms with van der Waals surface area (Å²) in [6, 6.07) is 73.3. The van der Waals surface area contributed by atoms with Crippen LogP contribution in [0.15, 0.2) is 218 Å². The molecule has 1 heteroatoms. The van der Waals surface area contributed by atoms with Crippen molar-refractivity contribution < 1.29 is 0 Å². The van der Waals surface area contributed by atoms with Crippen molar-refractivity contribution in [3.8, 4) is 55.6 Å². The van der Waals surface area contributed by atoms with Gasteiger partial charge in [0.25, 0.3) is 0 Å². The molecule has 1 atom stereocenters. The number of hydrogen-bond acceptors (Lipinski definition) is 1. The summed E-state index contributed by atoms with van der Waals surface area (Å²) in [5, 5.41) is 2.54. The first-order valence-electron chi connectivity index (χ1n) is 24.9. The molecule has 4 aliphatic rings. The molecule has 0 bridgehead atoms. The molecule has 0 heterocycles. The van der Waals surface area contributed by atoms with Crippen molar-refractivity contribution in [2.24, 2.45) is 0 Å². The SMILES string of the molecule is CC1(C)C2=C(C=CC(N(c3ccc(-c4ccc(-c5ccccc5)cc4)cc3)c3ccc4c(c3)C(C)(C)c3cc(-c5ccc6ccccc6c5)ccc3-4)C2)c2ccc(-c3ccc4c(c3)C=CCC4)cc21. The Morgan fingerprint density at radius 1 is 0.420 bits per heavy atom. The van der Waals surface area contributed by atoms with Gasteiger partial charge in [0.2, 0.25) is 0 Å². The molecule has 9 aromatic rings. The standard InChI is InChI=1S/C68H55N/c1-67(2)63-40-54(52-24-22-45-14-8-10-16-50(45)38-52)28-34-59(63)61-36-32-57(42-65(61)67)69(56-30-26-49(27-31-56)48-20-18-47(19-21-48)44-12-6-5-7-13-44)58-33-37-62-60-35-29-55(41-64(60)68(3,4)66(62)43-58)53-25-23-46-15-9-11-17-51(46)39-53/h5-8,10-14,16-42,58H,9,15,43H2,1-4H3. The predicted molar refractivity (Wildman–Crippen MR) is 293 cm³/mol. The lowest BCUT2D eigenvalue weighted by Gasteiger charge is -2.37. The molecule has 0 aliphatic heterocycles. The lowest BCUT2D eigenvalue weighted by atomic mass is 9.77. The molecule has 9 aromatic carbocycles. The Morgan fingerprint density at radius 3 is 1.70 bits per heavy atom. The molecular formula is C68H55N. The van der Waals surface area contributed by atoms with E-state index in [4.69, 9.17) is 0 Å².